The Morgan fingerprint density at radius 3 is 3.09 bits per heavy atom. The van der Waals surface area contributed by atoms with Gasteiger partial charge in [-0.3, -0.25) is 9.88 Å². The Morgan fingerprint density at radius 2 is 2.26 bits per heavy atom. The van der Waals surface area contributed by atoms with Gasteiger partial charge in [0.25, 0.3) is 0 Å². The highest BCUT2D eigenvalue weighted by molar-refractivity contribution is 5.57. The Morgan fingerprint density at radius 1 is 1.39 bits per heavy atom. The van der Waals surface area contributed by atoms with Gasteiger partial charge in [-0.05, 0) is 12.1 Å². The first kappa shape index (κ1) is 14.8. The number of methoxy groups -OCH3 is 1. The van der Waals surface area contributed by atoms with E-state index in [2.05, 4.69) is 15.0 Å². The van der Waals surface area contributed by atoms with Crippen LogP contribution in [0.15, 0.2) is 35.1 Å². The van der Waals surface area contributed by atoms with Crippen molar-refractivity contribution in [1.29, 1.82) is 0 Å². The van der Waals surface area contributed by atoms with Crippen molar-refractivity contribution in [2.75, 3.05) is 40.0 Å². The number of pyridine rings is 1. The van der Waals surface area contributed by atoms with E-state index in [1.807, 2.05) is 18.2 Å². The van der Waals surface area contributed by atoms with Crippen molar-refractivity contribution < 1.29 is 14.0 Å². The van der Waals surface area contributed by atoms with E-state index in [1.54, 1.807) is 19.5 Å². The second-order valence-corrected chi connectivity index (χ2v) is 6.59. The molecule has 4 rings (SSSR count). The highest BCUT2D eigenvalue weighted by Crippen LogP contribution is 2.42. The van der Waals surface area contributed by atoms with E-state index in [1.165, 1.54) is 0 Å². The molecule has 2 aromatic rings. The summed E-state index contributed by atoms with van der Waals surface area (Å²) in [6, 6.07) is 5.89. The Labute approximate surface area is 135 Å². The zero-order chi connectivity index (χ0) is 15.7. The largest absolute Gasteiger partial charge is 0.384 e. The van der Waals surface area contributed by atoms with Crippen LogP contribution in [0, 0.1) is 11.3 Å². The van der Waals surface area contributed by atoms with Crippen LogP contribution in [0.4, 0.5) is 0 Å². The summed E-state index contributed by atoms with van der Waals surface area (Å²) in [5.41, 5.74) is 2.03. The monoisotopic (exact) mass is 315 g/mol. The predicted molar refractivity (Wildman–Crippen MR) is 83.6 cm³/mol. The first-order valence-corrected chi connectivity index (χ1v) is 7.94. The van der Waals surface area contributed by atoms with Crippen molar-refractivity contribution in [3.8, 4) is 11.3 Å². The van der Waals surface area contributed by atoms with Crippen molar-refractivity contribution in [3.63, 3.8) is 0 Å². The van der Waals surface area contributed by atoms with E-state index in [0.29, 0.717) is 5.92 Å². The summed E-state index contributed by atoms with van der Waals surface area (Å²) >= 11 is 0. The topological polar surface area (TPSA) is 60.6 Å². The summed E-state index contributed by atoms with van der Waals surface area (Å²) in [5, 5.41) is 4.18. The minimum atomic E-state index is 0.142. The molecule has 2 saturated heterocycles. The molecule has 2 aromatic heterocycles. The highest BCUT2D eigenvalue weighted by Gasteiger charge is 2.50. The minimum Gasteiger partial charge on any atom is -0.384 e. The molecule has 0 N–H and O–H groups in total. The highest BCUT2D eigenvalue weighted by atomic mass is 16.5. The molecule has 6 heteroatoms. The van der Waals surface area contributed by atoms with Gasteiger partial charge in [-0.2, -0.15) is 0 Å². The summed E-state index contributed by atoms with van der Waals surface area (Å²) in [6.07, 6.45) is 3.53. The van der Waals surface area contributed by atoms with E-state index < -0.39 is 0 Å². The number of nitrogens with zero attached hydrogens (tertiary/aromatic N) is 3. The molecule has 122 valence electrons. The molecule has 0 bridgehead atoms. The van der Waals surface area contributed by atoms with E-state index in [0.717, 1.165) is 56.5 Å². The lowest BCUT2D eigenvalue weighted by molar-refractivity contribution is 0.0524. The minimum absolute atomic E-state index is 0.142. The molecule has 0 radical (unpaired) electrons. The van der Waals surface area contributed by atoms with Crippen LogP contribution in [-0.4, -0.2) is 55.1 Å². The summed E-state index contributed by atoms with van der Waals surface area (Å²) in [6.45, 7) is 5.16. The van der Waals surface area contributed by atoms with Gasteiger partial charge in [-0.25, -0.2) is 0 Å². The van der Waals surface area contributed by atoms with Crippen molar-refractivity contribution in [2.24, 2.45) is 11.3 Å². The first-order valence-electron chi connectivity index (χ1n) is 7.94. The molecule has 2 fully saturated rings. The second kappa shape index (κ2) is 6.03. The van der Waals surface area contributed by atoms with Gasteiger partial charge < -0.3 is 14.0 Å². The maximum Gasteiger partial charge on any atom is 0.151 e. The fraction of sp³-hybridized carbons (Fsp3) is 0.529. The van der Waals surface area contributed by atoms with E-state index in [-0.39, 0.29) is 5.41 Å². The molecule has 0 amide bonds. The molecule has 2 atom stereocenters. The molecule has 2 aliphatic heterocycles. The van der Waals surface area contributed by atoms with Crippen LogP contribution in [0.3, 0.4) is 0 Å². The van der Waals surface area contributed by atoms with E-state index in [9.17, 15) is 0 Å². The Kier molecular flexibility index (Phi) is 3.88. The maximum atomic E-state index is 5.68. The number of rotatable bonds is 5. The Hall–Kier alpha value is -1.76. The van der Waals surface area contributed by atoms with Crippen LogP contribution in [-0.2, 0) is 16.0 Å². The lowest BCUT2D eigenvalue weighted by Crippen LogP contribution is -2.35. The first-order chi connectivity index (χ1) is 11.3. The molecule has 0 saturated carbocycles. The second-order valence-electron chi connectivity index (χ2n) is 6.59. The normalized spacial score (nSPS) is 27.4. The number of fused-ring (bicyclic) bond motifs is 1. The average molecular weight is 315 g/mol. The lowest BCUT2D eigenvalue weighted by atomic mass is 9.82. The molecule has 0 unspecified atom stereocenters. The molecule has 4 heterocycles. The van der Waals surface area contributed by atoms with Crippen LogP contribution in [0.2, 0.25) is 0 Å². The molecule has 0 aromatic carbocycles. The smallest absolute Gasteiger partial charge is 0.151 e. The maximum absolute atomic E-state index is 5.68. The zero-order valence-electron chi connectivity index (χ0n) is 13.3. The third-order valence-corrected chi connectivity index (χ3v) is 4.94. The quantitative estimate of drug-likeness (QED) is 0.839. The van der Waals surface area contributed by atoms with Crippen LogP contribution < -0.4 is 0 Å². The molecule has 2 aliphatic rings. The van der Waals surface area contributed by atoms with Gasteiger partial charge in [-0.1, -0.05) is 5.16 Å². The molecular weight excluding hydrogens is 294 g/mol. The van der Waals surface area contributed by atoms with Gasteiger partial charge in [-0.15, -0.1) is 0 Å². The number of aromatic nitrogens is 2. The molecule has 6 nitrogen and oxygen atoms in total. The van der Waals surface area contributed by atoms with Gasteiger partial charge >= 0.3 is 0 Å². The van der Waals surface area contributed by atoms with Crippen molar-refractivity contribution in [3.05, 3.63) is 36.4 Å². The summed E-state index contributed by atoms with van der Waals surface area (Å²) in [7, 11) is 1.77. The number of ether oxygens (including phenoxy) is 2. The summed E-state index contributed by atoms with van der Waals surface area (Å²) in [5.74, 6) is 1.44. The zero-order valence-corrected chi connectivity index (χ0v) is 13.3. The van der Waals surface area contributed by atoms with Crippen LogP contribution >= 0.6 is 0 Å². The summed E-state index contributed by atoms with van der Waals surface area (Å²) in [4.78, 5) is 6.45. The third kappa shape index (κ3) is 2.78. The molecule has 23 heavy (non-hydrogen) atoms. The molecular formula is C17H21N3O3. The van der Waals surface area contributed by atoms with Gasteiger partial charge in [0, 0.05) is 55.6 Å². The standard InChI is InChI=1S/C17H21N3O3/c1-21-11-17-10-20(7-14(17)9-22-12-17)8-15-6-16(19-23-15)13-2-4-18-5-3-13/h2-6,14H,7-12H2,1H3/t14-,17-/m0/s1. The SMILES string of the molecule is COC[C@@]12COC[C@@H]1CN(Cc1cc(-c3ccncc3)no1)C2. The number of hydrogen-bond acceptors (Lipinski definition) is 6. The van der Waals surface area contributed by atoms with Gasteiger partial charge in [0.05, 0.1) is 26.4 Å². The van der Waals surface area contributed by atoms with Crippen LogP contribution in [0.5, 0.6) is 0 Å². The molecule has 0 spiro atoms. The fourth-order valence-corrected chi connectivity index (χ4v) is 3.82. The van der Waals surface area contributed by atoms with Gasteiger partial charge in [0.2, 0.25) is 0 Å². The third-order valence-electron chi connectivity index (χ3n) is 4.94. The predicted octanol–water partition coefficient (Wildman–Crippen LogP) is 1.83. The molecule has 0 aliphatic carbocycles. The van der Waals surface area contributed by atoms with Crippen molar-refractivity contribution >= 4 is 0 Å². The van der Waals surface area contributed by atoms with Crippen LogP contribution in [0.25, 0.3) is 11.3 Å². The Bertz CT molecular complexity index is 660. The van der Waals surface area contributed by atoms with Crippen molar-refractivity contribution in [2.45, 2.75) is 6.54 Å². The lowest BCUT2D eigenvalue weighted by Gasteiger charge is -2.25. The number of hydrogen-bond donors (Lipinski definition) is 0. The van der Waals surface area contributed by atoms with Crippen LogP contribution in [0.1, 0.15) is 5.76 Å². The van der Waals surface area contributed by atoms with Crippen molar-refractivity contribution in [1.82, 2.24) is 15.0 Å². The van der Waals surface area contributed by atoms with E-state index in [4.69, 9.17) is 14.0 Å². The van der Waals surface area contributed by atoms with Gasteiger partial charge in [0.15, 0.2) is 5.76 Å². The number of likely N-dealkylation sites (tertiary alicyclic amines) is 1. The van der Waals surface area contributed by atoms with Gasteiger partial charge in [0.1, 0.15) is 5.69 Å². The van der Waals surface area contributed by atoms with E-state index >= 15 is 0 Å². The fourth-order valence-electron chi connectivity index (χ4n) is 3.82. The average Bonchev–Trinajstić information content (AvgIpc) is 3.23. The Balaban J connectivity index is 1.45. The summed E-state index contributed by atoms with van der Waals surface area (Å²) < 4.78 is 16.6.